The van der Waals surface area contributed by atoms with Crippen molar-refractivity contribution in [3.8, 4) is 0 Å². The van der Waals surface area contributed by atoms with E-state index in [4.69, 9.17) is 5.73 Å². The van der Waals surface area contributed by atoms with Gasteiger partial charge in [0.2, 0.25) is 5.91 Å². The summed E-state index contributed by atoms with van der Waals surface area (Å²) in [4.78, 5) is 24.7. The number of nitrogens with one attached hydrogen (secondary N) is 2. The molecule has 0 spiro atoms. The number of aryl methyl sites for hydroxylation is 1. The van der Waals surface area contributed by atoms with E-state index in [-0.39, 0.29) is 36.2 Å². The normalized spacial score (nSPS) is 18.4. The number of benzene rings is 2. The summed E-state index contributed by atoms with van der Waals surface area (Å²) in [7, 11) is 0. The molecule has 3 rings (SSSR count). The first-order valence-electron chi connectivity index (χ1n) is 9.05. The number of amides is 2. The molecular formula is C21H26ClN3O2. The van der Waals surface area contributed by atoms with Gasteiger partial charge in [-0.2, -0.15) is 0 Å². The van der Waals surface area contributed by atoms with Gasteiger partial charge in [-0.05, 0) is 55.5 Å². The van der Waals surface area contributed by atoms with E-state index in [1.165, 1.54) is 0 Å². The molecule has 6 heteroatoms. The third-order valence-corrected chi connectivity index (χ3v) is 4.97. The number of nitrogens with two attached hydrogens (primary N) is 1. The van der Waals surface area contributed by atoms with Crippen molar-refractivity contribution in [1.82, 2.24) is 0 Å². The first kappa shape index (κ1) is 20.9. The van der Waals surface area contributed by atoms with Crippen LogP contribution in [-0.4, -0.2) is 17.9 Å². The van der Waals surface area contributed by atoms with Crippen molar-refractivity contribution in [2.75, 3.05) is 10.6 Å². The van der Waals surface area contributed by atoms with E-state index in [9.17, 15) is 9.59 Å². The second-order valence-corrected chi connectivity index (χ2v) is 6.96. The molecule has 2 atom stereocenters. The Morgan fingerprint density at radius 2 is 1.81 bits per heavy atom. The highest BCUT2D eigenvalue weighted by Crippen LogP contribution is 2.28. The molecule has 0 aromatic heterocycles. The average molecular weight is 388 g/mol. The molecule has 2 amide bonds. The molecule has 0 saturated heterocycles. The highest BCUT2D eigenvalue weighted by molar-refractivity contribution is 6.04. The number of hydrogen-bond acceptors (Lipinski definition) is 3. The Labute approximate surface area is 166 Å². The average Bonchev–Trinajstić information content (AvgIpc) is 3.03. The number of anilines is 2. The van der Waals surface area contributed by atoms with Crippen molar-refractivity contribution in [1.29, 1.82) is 0 Å². The molecule has 27 heavy (non-hydrogen) atoms. The van der Waals surface area contributed by atoms with Gasteiger partial charge in [0.1, 0.15) is 0 Å². The van der Waals surface area contributed by atoms with E-state index in [0.29, 0.717) is 23.4 Å². The Morgan fingerprint density at radius 1 is 1.07 bits per heavy atom. The van der Waals surface area contributed by atoms with Crippen molar-refractivity contribution >= 4 is 35.6 Å². The van der Waals surface area contributed by atoms with E-state index in [2.05, 4.69) is 10.6 Å². The van der Waals surface area contributed by atoms with Gasteiger partial charge in [0, 0.05) is 29.4 Å². The smallest absolute Gasteiger partial charge is 0.255 e. The van der Waals surface area contributed by atoms with Crippen LogP contribution >= 0.6 is 12.4 Å². The maximum absolute atomic E-state index is 12.4. The van der Waals surface area contributed by atoms with Gasteiger partial charge in [-0.15, -0.1) is 12.4 Å². The van der Waals surface area contributed by atoms with Crippen molar-refractivity contribution in [3.63, 3.8) is 0 Å². The Morgan fingerprint density at radius 3 is 2.48 bits per heavy atom. The van der Waals surface area contributed by atoms with Gasteiger partial charge in [0.05, 0.1) is 0 Å². The SMILES string of the molecule is Cc1ccc(NC(=O)c2ccccc2)cc1NC(=O)C[C@@H]1CCC[C@H]1N.Cl. The molecule has 0 radical (unpaired) electrons. The quantitative estimate of drug-likeness (QED) is 0.721. The second-order valence-electron chi connectivity index (χ2n) is 6.96. The van der Waals surface area contributed by atoms with Crippen molar-refractivity contribution < 1.29 is 9.59 Å². The van der Waals surface area contributed by atoms with Gasteiger partial charge in [0.25, 0.3) is 5.91 Å². The lowest BCUT2D eigenvalue weighted by Crippen LogP contribution is -2.28. The molecule has 0 bridgehead atoms. The predicted octanol–water partition coefficient (Wildman–Crippen LogP) is 4.13. The first-order chi connectivity index (χ1) is 12.5. The van der Waals surface area contributed by atoms with Gasteiger partial charge in [-0.3, -0.25) is 9.59 Å². The van der Waals surface area contributed by atoms with Crippen LogP contribution < -0.4 is 16.4 Å². The maximum atomic E-state index is 12.4. The summed E-state index contributed by atoms with van der Waals surface area (Å²) in [5.74, 6) is 0.0573. The maximum Gasteiger partial charge on any atom is 0.255 e. The van der Waals surface area contributed by atoms with Gasteiger partial charge >= 0.3 is 0 Å². The van der Waals surface area contributed by atoms with Crippen molar-refractivity contribution in [2.45, 2.75) is 38.6 Å². The minimum Gasteiger partial charge on any atom is -0.327 e. The minimum atomic E-state index is -0.177. The number of halogens is 1. The fourth-order valence-corrected chi connectivity index (χ4v) is 3.39. The summed E-state index contributed by atoms with van der Waals surface area (Å²) in [5, 5.41) is 5.83. The lowest BCUT2D eigenvalue weighted by molar-refractivity contribution is -0.117. The monoisotopic (exact) mass is 387 g/mol. The predicted molar refractivity (Wildman–Crippen MR) is 111 cm³/mol. The molecule has 2 aromatic rings. The lowest BCUT2D eigenvalue weighted by atomic mass is 10.00. The van der Waals surface area contributed by atoms with Crippen LogP contribution in [0.5, 0.6) is 0 Å². The Balaban J connectivity index is 0.00000261. The van der Waals surface area contributed by atoms with Gasteiger partial charge < -0.3 is 16.4 Å². The van der Waals surface area contributed by atoms with E-state index < -0.39 is 0 Å². The molecular weight excluding hydrogens is 362 g/mol. The van der Waals surface area contributed by atoms with E-state index >= 15 is 0 Å². The summed E-state index contributed by atoms with van der Waals surface area (Å²) < 4.78 is 0. The molecule has 2 aromatic carbocycles. The number of hydrogen-bond donors (Lipinski definition) is 3. The number of carbonyl (C=O) groups excluding carboxylic acids is 2. The first-order valence-corrected chi connectivity index (χ1v) is 9.05. The van der Waals surface area contributed by atoms with Crippen LogP contribution in [0.15, 0.2) is 48.5 Å². The van der Waals surface area contributed by atoms with Crippen molar-refractivity contribution in [3.05, 3.63) is 59.7 Å². The summed E-state index contributed by atoms with van der Waals surface area (Å²) in [6.07, 6.45) is 3.55. The zero-order valence-electron chi connectivity index (χ0n) is 15.4. The van der Waals surface area contributed by atoms with Crippen molar-refractivity contribution in [2.24, 2.45) is 11.7 Å². The summed E-state index contributed by atoms with van der Waals surface area (Å²) >= 11 is 0. The van der Waals surface area contributed by atoms with E-state index in [1.807, 2.05) is 37.3 Å². The van der Waals surface area contributed by atoms with Crippen LogP contribution in [0.1, 0.15) is 41.6 Å². The molecule has 0 heterocycles. The molecule has 0 aliphatic heterocycles. The van der Waals surface area contributed by atoms with Crippen LogP contribution in [0.3, 0.4) is 0 Å². The largest absolute Gasteiger partial charge is 0.327 e. The zero-order valence-corrected chi connectivity index (χ0v) is 16.2. The number of rotatable bonds is 5. The molecule has 4 N–H and O–H groups in total. The van der Waals surface area contributed by atoms with E-state index in [0.717, 1.165) is 24.8 Å². The standard InChI is InChI=1S/C21H25N3O2.ClH/c1-14-10-11-17(23-21(26)15-6-3-2-4-7-15)13-19(14)24-20(25)12-16-8-5-9-18(16)22;/h2-4,6-7,10-11,13,16,18H,5,8-9,12,22H2,1H3,(H,23,26)(H,24,25);1H/t16-,18+;/m0./s1. The summed E-state index contributed by atoms with van der Waals surface area (Å²) in [6, 6.07) is 14.7. The van der Waals surface area contributed by atoms with Gasteiger partial charge in [0.15, 0.2) is 0 Å². The van der Waals surface area contributed by atoms with Gasteiger partial charge in [-0.1, -0.05) is 30.7 Å². The molecule has 1 aliphatic rings. The van der Waals surface area contributed by atoms with Crippen LogP contribution in [-0.2, 0) is 4.79 Å². The Hall–Kier alpha value is -2.37. The Bertz CT molecular complexity index is 795. The highest BCUT2D eigenvalue weighted by Gasteiger charge is 2.26. The lowest BCUT2D eigenvalue weighted by Gasteiger charge is -2.16. The fraction of sp³-hybridized carbons (Fsp3) is 0.333. The molecule has 0 unspecified atom stereocenters. The second kappa shape index (κ2) is 9.53. The van der Waals surface area contributed by atoms with Crippen LogP contribution in [0.25, 0.3) is 0 Å². The summed E-state index contributed by atoms with van der Waals surface area (Å²) in [5.41, 5.74) is 8.97. The number of carbonyl (C=O) groups is 2. The van der Waals surface area contributed by atoms with Crippen LogP contribution in [0.2, 0.25) is 0 Å². The third kappa shape index (κ3) is 5.55. The topological polar surface area (TPSA) is 84.2 Å². The fourth-order valence-electron chi connectivity index (χ4n) is 3.39. The summed E-state index contributed by atoms with van der Waals surface area (Å²) in [6.45, 7) is 1.93. The van der Waals surface area contributed by atoms with Crippen LogP contribution in [0, 0.1) is 12.8 Å². The van der Waals surface area contributed by atoms with Crippen LogP contribution in [0.4, 0.5) is 11.4 Å². The third-order valence-electron chi connectivity index (χ3n) is 4.97. The molecule has 1 fully saturated rings. The minimum absolute atomic E-state index is 0. The molecule has 144 valence electrons. The zero-order chi connectivity index (χ0) is 18.5. The van der Waals surface area contributed by atoms with E-state index in [1.54, 1.807) is 18.2 Å². The molecule has 5 nitrogen and oxygen atoms in total. The highest BCUT2D eigenvalue weighted by atomic mass is 35.5. The van der Waals surface area contributed by atoms with Gasteiger partial charge in [-0.25, -0.2) is 0 Å². The molecule has 1 aliphatic carbocycles. The Kier molecular flexibility index (Phi) is 7.39. The molecule has 1 saturated carbocycles.